The van der Waals surface area contributed by atoms with Crippen LogP contribution < -0.4 is 0 Å². The lowest BCUT2D eigenvalue weighted by molar-refractivity contribution is -0.143. The average molecular weight is 439 g/mol. The zero-order valence-electron chi connectivity index (χ0n) is 19.4. The summed E-state index contributed by atoms with van der Waals surface area (Å²) in [6, 6.07) is 21.2. The van der Waals surface area contributed by atoms with Gasteiger partial charge in [-0.3, -0.25) is 9.69 Å². The molecule has 0 unspecified atom stereocenters. The van der Waals surface area contributed by atoms with Gasteiger partial charge in [-0.25, -0.2) is 0 Å². The van der Waals surface area contributed by atoms with E-state index in [1.54, 1.807) is 0 Å². The zero-order valence-corrected chi connectivity index (χ0v) is 19.4. The number of benzene rings is 2. The average Bonchev–Trinajstić information content (AvgIpc) is 2.80. The van der Waals surface area contributed by atoms with Crippen molar-refractivity contribution in [2.75, 3.05) is 26.2 Å². The summed E-state index contributed by atoms with van der Waals surface area (Å²) >= 11 is 0. The van der Waals surface area contributed by atoms with Crippen molar-refractivity contribution in [1.29, 1.82) is 0 Å². The van der Waals surface area contributed by atoms with Gasteiger partial charge in [0.1, 0.15) is 0 Å². The first kappa shape index (κ1) is 24.4. The molecule has 0 spiro atoms. The molecule has 0 aromatic heterocycles. The van der Waals surface area contributed by atoms with E-state index in [9.17, 15) is 9.90 Å². The van der Waals surface area contributed by atoms with Crippen LogP contribution in [0.5, 0.6) is 0 Å². The van der Waals surface area contributed by atoms with Crippen LogP contribution in [0.2, 0.25) is 0 Å². The Morgan fingerprint density at radius 1 is 1.00 bits per heavy atom. The summed E-state index contributed by atoms with van der Waals surface area (Å²) in [6.07, 6.45) is 4.05. The number of aliphatic hydroxyl groups is 1. The van der Waals surface area contributed by atoms with Gasteiger partial charge in [0, 0.05) is 32.1 Å². The first-order chi connectivity index (χ1) is 15.7. The molecule has 1 fully saturated rings. The maximum atomic E-state index is 11.4. The predicted octanol–water partition coefficient (Wildman–Crippen LogP) is 4.25. The molecule has 0 aliphatic carbocycles. The van der Waals surface area contributed by atoms with E-state index in [1.165, 1.54) is 11.1 Å². The van der Waals surface area contributed by atoms with E-state index >= 15 is 0 Å². The Morgan fingerprint density at radius 3 is 2.19 bits per heavy atom. The first-order valence-corrected chi connectivity index (χ1v) is 12.0. The number of rotatable bonds is 12. The molecular weight excluding hydrogens is 400 g/mol. The lowest BCUT2D eigenvalue weighted by Gasteiger charge is -2.42. The maximum absolute atomic E-state index is 11.4. The number of nitrogens with zero attached hydrogens (tertiary/aromatic N) is 2. The van der Waals surface area contributed by atoms with Crippen molar-refractivity contribution >= 4 is 5.97 Å². The van der Waals surface area contributed by atoms with Crippen LogP contribution in [0.3, 0.4) is 0 Å². The molecule has 0 saturated carbocycles. The van der Waals surface area contributed by atoms with E-state index in [0.717, 1.165) is 51.9 Å². The number of carbonyl (C=O) groups is 1. The standard InChI is InChI=1S/C27H38N2O3/c1-2-32-27(31)16-10-5-11-18-28-19-17-25(26(30)22-28)29(20-23-12-6-3-7-13-23)21-24-14-8-4-9-15-24/h3-4,6-9,12-15,25-26,30H,2,5,10-11,16-22H2,1H3/t25-,26+/m1/s1. The molecule has 2 aromatic rings. The molecule has 0 amide bonds. The van der Waals surface area contributed by atoms with Gasteiger partial charge >= 0.3 is 5.97 Å². The number of β-amino-alcohol motifs (C(OH)–C–C–N with tert-alkyl or cyclic N) is 1. The Bertz CT molecular complexity index is 743. The van der Waals surface area contributed by atoms with Gasteiger partial charge in [-0.05, 0) is 50.4 Å². The van der Waals surface area contributed by atoms with Gasteiger partial charge in [-0.1, -0.05) is 67.1 Å². The second kappa shape index (κ2) is 13.4. The van der Waals surface area contributed by atoms with Gasteiger partial charge in [0.2, 0.25) is 0 Å². The fourth-order valence-corrected chi connectivity index (χ4v) is 4.55. The molecule has 1 N–H and O–H groups in total. The largest absolute Gasteiger partial charge is 0.466 e. The van der Waals surface area contributed by atoms with Gasteiger partial charge in [0.15, 0.2) is 0 Å². The minimum absolute atomic E-state index is 0.0966. The molecule has 2 aromatic carbocycles. The minimum Gasteiger partial charge on any atom is -0.466 e. The van der Waals surface area contributed by atoms with Crippen molar-refractivity contribution in [2.24, 2.45) is 0 Å². The molecule has 5 heteroatoms. The van der Waals surface area contributed by atoms with Crippen molar-refractivity contribution in [1.82, 2.24) is 9.80 Å². The van der Waals surface area contributed by atoms with Crippen molar-refractivity contribution in [2.45, 2.75) is 64.3 Å². The van der Waals surface area contributed by atoms with Crippen LogP contribution in [0.1, 0.15) is 50.2 Å². The third kappa shape index (κ3) is 8.05. The highest BCUT2D eigenvalue weighted by Gasteiger charge is 2.32. The zero-order chi connectivity index (χ0) is 22.6. The van der Waals surface area contributed by atoms with Crippen LogP contribution in [0.15, 0.2) is 60.7 Å². The molecule has 1 aliphatic heterocycles. The quantitative estimate of drug-likeness (QED) is 0.397. The number of aliphatic hydroxyl groups excluding tert-OH is 1. The second-order valence-electron chi connectivity index (χ2n) is 8.72. The summed E-state index contributed by atoms with van der Waals surface area (Å²) in [5.74, 6) is -0.0966. The molecule has 0 bridgehead atoms. The van der Waals surface area contributed by atoms with Gasteiger partial charge in [-0.2, -0.15) is 0 Å². The monoisotopic (exact) mass is 438 g/mol. The van der Waals surface area contributed by atoms with Crippen LogP contribution in [-0.4, -0.2) is 59.3 Å². The fraction of sp³-hybridized carbons (Fsp3) is 0.519. The van der Waals surface area contributed by atoms with Crippen LogP contribution in [0.25, 0.3) is 0 Å². The van der Waals surface area contributed by atoms with Crippen molar-refractivity contribution in [3.05, 3.63) is 71.8 Å². The highest BCUT2D eigenvalue weighted by atomic mass is 16.5. The summed E-state index contributed by atoms with van der Waals surface area (Å²) < 4.78 is 4.98. The molecule has 1 aliphatic rings. The topological polar surface area (TPSA) is 53.0 Å². The summed E-state index contributed by atoms with van der Waals surface area (Å²) in [4.78, 5) is 16.2. The number of hydrogen-bond acceptors (Lipinski definition) is 5. The minimum atomic E-state index is -0.365. The number of ether oxygens (including phenoxy) is 1. The number of unbranched alkanes of at least 4 members (excludes halogenated alkanes) is 2. The van der Waals surface area contributed by atoms with Crippen molar-refractivity contribution in [3.63, 3.8) is 0 Å². The third-order valence-corrected chi connectivity index (χ3v) is 6.22. The van der Waals surface area contributed by atoms with Gasteiger partial charge in [0.25, 0.3) is 0 Å². The Balaban J connectivity index is 1.50. The lowest BCUT2D eigenvalue weighted by atomic mass is 9.98. The summed E-state index contributed by atoms with van der Waals surface area (Å²) in [5, 5.41) is 11.1. The number of hydrogen-bond donors (Lipinski definition) is 1. The molecule has 1 heterocycles. The molecule has 3 rings (SSSR count). The smallest absolute Gasteiger partial charge is 0.305 e. The fourth-order valence-electron chi connectivity index (χ4n) is 4.55. The molecule has 1 saturated heterocycles. The van der Waals surface area contributed by atoms with Crippen molar-refractivity contribution < 1.29 is 14.6 Å². The molecule has 174 valence electrons. The predicted molar refractivity (Wildman–Crippen MR) is 128 cm³/mol. The van der Waals surface area contributed by atoms with Gasteiger partial charge < -0.3 is 14.7 Å². The number of likely N-dealkylation sites (tertiary alicyclic amines) is 1. The SMILES string of the molecule is CCOC(=O)CCCCCN1CC[C@@H](N(Cc2ccccc2)Cc2ccccc2)[C@@H](O)C1. The summed E-state index contributed by atoms with van der Waals surface area (Å²) in [5.41, 5.74) is 2.55. The normalized spacial score (nSPS) is 19.2. The first-order valence-electron chi connectivity index (χ1n) is 12.0. The van der Waals surface area contributed by atoms with E-state index in [-0.39, 0.29) is 18.1 Å². The molecule has 0 radical (unpaired) electrons. The van der Waals surface area contributed by atoms with Gasteiger partial charge in [-0.15, -0.1) is 0 Å². The number of carbonyl (C=O) groups excluding carboxylic acids is 1. The van der Waals surface area contributed by atoms with Crippen LogP contribution >= 0.6 is 0 Å². The van der Waals surface area contributed by atoms with E-state index < -0.39 is 0 Å². The van der Waals surface area contributed by atoms with Crippen LogP contribution in [0, 0.1) is 0 Å². The Morgan fingerprint density at radius 2 is 1.62 bits per heavy atom. The van der Waals surface area contributed by atoms with E-state index in [2.05, 4.69) is 58.3 Å². The van der Waals surface area contributed by atoms with Crippen LogP contribution in [0.4, 0.5) is 0 Å². The van der Waals surface area contributed by atoms with Gasteiger partial charge in [0.05, 0.1) is 12.7 Å². The third-order valence-electron chi connectivity index (χ3n) is 6.22. The van der Waals surface area contributed by atoms with Crippen LogP contribution in [-0.2, 0) is 22.6 Å². The van der Waals surface area contributed by atoms with E-state index in [0.29, 0.717) is 19.6 Å². The number of esters is 1. The molecule has 32 heavy (non-hydrogen) atoms. The van der Waals surface area contributed by atoms with E-state index in [4.69, 9.17) is 4.74 Å². The van der Waals surface area contributed by atoms with Crippen molar-refractivity contribution in [3.8, 4) is 0 Å². The maximum Gasteiger partial charge on any atom is 0.305 e. The molecular formula is C27H38N2O3. The molecule has 2 atom stereocenters. The highest BCUT2D eigenvalue weighted by Crippen LogP contribution is 2.22. The number of piperidine rings is 1. The Hall–Kier alpha value is -2.21. The molecule has 5 nitrogen and oxygen atoms in total. The summed E-state index contributed by atoms with van der Waals surface area (Å²) in [7, 11) is 0. The Labute approximate surface area is 193 Å². The van der Waals surface area contributed by atoms with E-state index in [1.807, 2.05) is 19.1 Å². The second-order valence-corrected chi connectivity index (χ2v) is 8.72. The lowest BCUT2D eigenvalue weighted by Crippen LogP contribution is -2.53. The highest BCUT2D eigenvalue weighted by molar-refractivity contribution is 5.69. The summed E-state index contributed by atoms with van der Waals surface area (Å²) in [6.45, 7) is 6.66. The Kier molecular flexibility index (Phi) is 10.2.